The smallest absolute Gasteiger partial charge is 0.212 e. The predicted molar refractivity (Wildman–Crippen MR) is 98.9 cm³/mol. The Bertz CT molecular complexity index is 873. The topological polar surface area (TPSA) is 89.8 Å². The van der Waals surface area contributed by atoms with Crippen LogP contribution in [-0.4, -0.2) is 39.9 Å². The predicted octanol–water partition coefficient (Wildman–Crippen LogP) is 3.42. The highest BCUT2D eigenvalue weighted by Crippen LogP contribution is 2.30. The second-order valence-electron chi connectivity index (χ2n) is 7.12. The minimum absolute atomic E-state index is 0.0330. The summed E-state index contributed by atoms with van der Waals surface area (Å²) < 4.78 is 61.9. The standard InChI is InChI=1S/C11H11F3N4.C6H13NO2S/c1-7(2)18-16-10(15-17-18)8-3-5-9(6-4-8)11(12,13)14;1-5(2)7-10(8,9)6-3-4-6/h3-7H,1-2H3;5-7H,3-4H2,1-2H3. The summed E-state index contributed by atoms with van der Waals surface area (Å²) in [6.07, 6.45) is -2.66. The molecule has 0 atom stereocenters. The number of nitrogens with zero attached hydrogens (tertiary/aromatic N) is 4. The SMILES string of the molecule is CC(C)NS(=O)(=O)C1CC1.CC(C)n1nnc(-c2ccc(C(F)(F)F)cc2)n1. The van der Waals surface area contributed by atoms with Crippen LogP contribution < -0.4 is 4.72 Å². The van der Waals surface area contributed by atoms with E-state index in [4.69, 9.17) is 0 Å². The van der Waals surface area contributed by atoms with Crippen LogP contribution in [0.2, 0.25) is 0 Å². The lowest BCUT2D eigenvalue weighted by Crippen LogP contribution is -2.32. The second kappa shape index (κ2) is 8.56. The van der Waals surface area contributed by atoms with E-state index < -0.39 is 21.8 Å². The molecule has 0 radical (unpaired) electrons. The van der Waals surface area contributed by atoms with Crippen LogP contribution in [0.25, 0.3) is 11.4 Å². The first-order valence-electron chi connectivity index (χ1n) is 8.88. The van der Waals surface area contributed by atoms with E-state index in [0.717, 1.165) is 25.0 Å². The number of alkyl halides is 3. The van der Waals surface area contributed by atoms with Gasteiger partial charge in [-0.25, -0.2) is 13.1 Å². The first-order chi connectivity index (χ1) is 12.9. The van der Waals surface area contributed by atoms with Crippen LogP contribution >= 0.6 is 0 Å². The Morgan fingerprint density at radius 1 is 1.11 bits per heavy atom. The molecule has 1 saturated carbocycles. The monoisotopic (exact) mass is 419 g/mol. The van der Waals surface area contributed by atoms with Crippen molar-refractivity contribution in [2.24, 2.45) is 0 Å². The Morgan fingerprint density at radius 2 is 1.68 bits per heavy atom. The van der Waals surface area contributed by atoms with Gasteiger partial charge >= 0.3 is 6.18 Å². The lowest BCUT2D eigenvalue weighted by Gasteiger charge is -2.07. The second-order valence-corrected chi connectivity index (χ2v) is 9.11. The van der Waals surface area contributed by atoms with E-state index in [1.54, 1.807) is 0 Å². The summed E-state index contributed by atoms with van der Waals surface area (Å²) in [6.45, 7) is 7.44. The fourth-order valence-corrected chi connectivity index (χ4v) is 3.78. The van der Waals surface area contributed by atoms with Crippen molar-refractivity contribution in [1.82, 2.24) is 24.9 Å². The molecule has 1 aromatic carbocycles. The summed E-state index contributed by atoms with van der Waals surface area (Å²) in [6, 6.07) is 4.78. The van der Waals surface area contributed by atoms with Crippen LogP contribution in [0.4, 0.5) is 13.2 Å². The highest BCUT2D eigenvalue weighted by molar-refractivity contribution is 7.90. The van der Waals surface area contributed by atoms with Crippen molar-refractivity contribution in [2.75, 3.05) is 0 Å². The zero-order valence-corrected chi connectivity index (χ0v) is 16.9. The Balaban J connectivity index is 0.000000237. The van der Waals surface area contributed by atoms with Gasteiger partial charge in [-0.3, -0.25) is 0 Å². The number of halogens is 3. The summed E-state index contributed by atoms with van der Waals surface area (Å²) >= 11 is 0. The normalized spacial score (nSPS) is 14.9. The number of aromatic nitrogens is 4. The molecule has 0 spiro atoms. The molecule has 0 aliphatic heterocycles. The summed E-state index contributed by atoms with van der Waals surface area (Å²) in [4.78, 5) is 1.41. The first-order valence-corrected chi connectivity index (χ1v) is 10.4. The molecule has 11 heteroatoms. The largest absolute Gasteiger partial charge is 0.416 e. The molecule has 1 aliphatic rings. The molecule has 28 heavy (non-hydrogen) atoms. The van der Waals surface area contributed by atoms with Gasteiger partial charge in [0.25, 0.3) is 0 Å². The fourth-order valence-electron chi connectivity index (χ4n) is 2.17. The van der Waals surface area contributed by atoms with Crippen LogP contribution in [0, 0.1) is 0 Å². The molecule has 2 aromatic rings. The Morgan fingerprint density at radius 3 is 2.07 bits per heavy atom. The highest BCUT2D eigenvalue weighted by Gasteiger charge is 2.35. The Labute approximate surface area is 162 Å². The van der Waals surface area contributed by atoms with Gasteiger partial charge in [-0.2, -0.15) is 18.0 Å². The molecule has 0 bridgehead atoms. The Kier molecular flexibility index (Phi) is 6.81. The van der Waals surface area contributed by atoms with E-state index in [1.807, 2.05) is 27.7 Å². The average molecular weight is 419 g/mol. The van der Waals surface area contributed by atoms with Crippen LogP contribution in [0.5, 0.6) is 0 Å². The maximum absolute atomic E-state index is 12.4. The Hall–Kier alpha value is -2.01. The van der Waals surface area contributed by atoms with Crippen molar-refractivity contribution in [3.8, 4) is 11.4 Å². The fraction of sp³-hybridized carbons (Fsp3) is 0.588. The van der Waals surface area contributed by atoms with Crippen molar-refractivity contribution in [1.29, 1.82) is 0 Å². The highest BCUT2D eigenvalue weighted by atomic mass is 32.2. The molecule has 0 saturated heterocycles. The molecule has 0 unspecified atom stereocenters. The van der Waals surface area contributed by atoms with Crippen LogP contribution in [0.3, 0.4) is 0 Å². The van der Waals surface area contributed by atoms with Gasteiger partial charge in [0.1, 0.15) is 0 Å². The molecular formula is C17H24F3N5O2S. The molecular weight excluding hydrogens is 395 g/mol. The van der Waals surface area contributed by atoms with Gasteiger partial charge in [-0.05, 0) is 57.9 Å². The zero-order valence-electron chi connectivity index (χ0n) is 16.1. The number of hydrogen-bond acceptors (Lipinski definition) is 5. The summed E-state index contributed by atoms with van der Waals surface area (Å²) in [5.74, 6) is 0.317. The van der Waals surface area contributed by atoms with Gasteiger partial charge < -0.3 is 0 Å². The number of nitrogens with one attached hydrogen (secondary N) is 1. The minimum atomic E-state index is -4.33. The third-order valence-electron chi connectivity index (χ3n) is 3.72. The molecule has 156 valence electrons. The molecule has 0 amide bonds. The van der Waals surface area contributed by atoms with Crippen LogP contribution in [0.15, 0.2) is 24.3 Å². The van der Waals surface area contributed by atoms with Crippen LogP contribution in [0.1, 0.15) is 52.1 Å². The van der Waals surface area contributed by atoms with Crippen LogP contribution in [-0.2, 0) is 16.2 Å². The van der Waals surface area contributed by atoms with E-state index in [-0.39, 0.29) is 17.3 Å². The van der Waals surface area contributed by atoms with Crippen molar-refractivity contribution in [3.63, 3.8) is 0 Å². The van der Waals surface area contributed by atoms with Crippen molar-refractivity contribution in [2.45, 2.75) is 64.0 Å². The van der Waals surface area contributed by atoms with Gasteiger partial charge in [-0.1, -0.05) is 12.1 Å². The molecule has 1 N–H and O–H groups in total. The molecule has 1 fully saturated rings. The van der Waals surface area contributed by atoms with Gasteiger partial charge in [0.05, 0.1) is 16.9 Å². The first kappa shape index (κ1) is 22.3. The van der Waals surface area contributed by atoms with Gasteiger partial charge in [0.15, 0.2) is 0 Å². The molecule has 1 heterocycles. The van der Waals surface area contributed by atoms with E-state index in [1.165, 1.54) is 16.9 Å². The number of benzene rings is 1. The van der Waals surface area contributed by atoms with Crippen molar-refractivity contribution < 1.29 is 21.6 Å². The number of tetrazole rings is 1. The summed E-state index contributed by atoms with van der Waals surface area (Å²) in [5, 5.41) is 11.6. The van der Waals surface area contributed by atoms with E-state index in [9.17, 15) is 21.6 Å². The van der Waals surface area contributed by atoms with Crippen molar-refractivity contribution >= 4 is 10.0 Å². The van der Waals surface area contributed by atoms with E-state index in [2.05, 4.69) is 20.1 Å². The maximum Gasteiger partial charge on any atom is 0.416 e. The van der Waals surface area contributed by atoms with Crippen molar-refractivity contribution in [3.05, 3.63) is 29.8 Å². The zero-order chi connectivity index (χ0) is 21.1. The third kappa shape index (κ3) is 6.26. The van der Waals surface area contributed by atoms with E-state index >= 15 is 0 Å². The van der Waals surface area contributed by atoms with E-state index in [0.29, 0.717) is 11.4 Å². The third-order valence-corrected chi connectivity index (χ3v) is 5.87. The average Bonchev–Trinajstić information content (AvgIpc) is 3.32. The lowest BCUT2D eigenvalue weighted by atomic mass is 10.1. The van der Waals surface area contributed by atoms with Gasteiger partial charge in [-0.15, -0.1) is 10.2 Å². The number of rotatable bonds is 5. The number of hydrogen-bond donors (Lipinski definition) is 1. The molecule has 3 rings (SSSR count). The molecule has 1 aromatic heterocycles. The lowest BCUT2D eigenvalue weighted by molar-refractivity contribution is -0.137. The minimum Gasteiger partial charge on any atom is -0.212 e. The summed E-state index contributed by atoms with van der Waals surface area (Å²) in [7, 11) is -2.94. The quantitative estimate of drug-likeness (QED) is 0.802. The van der Waals surface area contributed by atoms with Gasteiger partial charge in [0.2, 0.25) is 15.8 Å². The maximum atomic E-state index is 12.4. The number of sulfonamides is 1. The van der Waals surface area contributed by atoms with Gasteiger partial charge in [0, 0.05) is 11.6 Å². The molecule has 1 aliphatic carbocycles. The summed E-state index contributed by atoms with van der Waals surface area (Å²) in [5.41, 5.74) is -0.183. The molecule has 7 nitrogen and oxygen atoms in total.